The molecule has 0 unspecified atom stereocenters. The average Bonchev–Trinajstić information content (AvgIpc) is 2.65. The Morgan fingerprint density at radius 3 is 2.19 bits per heavy atom. The maximum Gasteiger partial charge on any atom is 0.417 e. The predicted octanol–water partition coefficient (Wildman–Crippen LogP) is 4.10. The molecular formula is C19H16F6N2O3S. The summed E-state index contributed by atoms with van der Waals surface area (Å²) in [5.41, 5.74) is -2.27. The zero-order valence-electron chi connectivity index (χ0n) is 15.7. The van der Waals surface area contributed by atoms with Gasteiger partial charge in [-0.1, -0.05) is 6.07 Å². The van der Waals surface area contributed by atoms with E-state index in [1.165, 1.54) is 0 Å². The molecule has 0 radical (unpaired) electrons. The van der Waals surface area contributed by atoms with Crippen molar-refractivity contribution in [1.82, 2.24) is 10.3 Å². The van der Waals surface area contributed by atoms with Crippen LogP contribution in [0.25, 0.3) is 0 Å². The number of halogens is 6. The number of aromatic nitrogens is 1. The van der Waals surface area contributed by atoms with Gasteiger partial charge in [-0.3, -0.25) is 9.78 Å². The van der Waals surface area contributed by atoms with Crippen LogP contribution in [0.1, 0.15) is 34.5 Å². The molecule has 0 aliphatic heterocycles. The third kappa shape index (κ3) is 5.17. The molecule has 1 aromatic heterocycles. The summed E-state index contributed by atoms with van der Waals surface area (Å²) in [6.07, 6.45) is -8.42. The minimum atomic E-state index is -4.66. The first-order chi connectivity index (χ1) is 14.3. The molecule has 12 heteroatoms. The Morgan fingerprint density at radius 1 is 1.00 bits per heavy atom. The van der Waals surface area contributed by atoms with Crippen LogP contribution in [-0.4, -0.2) is 31.1 Å². The van der Waals surface area contributed by atoms with Crippen molar-refractivity contribution in [3.63, 3.8) is 0 Å². The van der Waals surface area contributed by atoms with Crippen molar-refractivity contribution in [2.24, 2.45) is 5.92 Å². The van der Waals surface area contributed by atoms with Gasteiger partial charge in [-0.2, -0.15) is 26.3 Å². The zero-order chi connectivity index (χ0) is 23.0. The van der Waals surface area contributed by atoms with E-state index in [9.17, 15) is 39.6 Å². The summed E-state index contributed by atoms with van der Waals surface area (Å²) in [5.74, 6) is -0.943. The Labute approximate surface area is 173 Å². The number of alkyl halides is 6. The fraction of sp³-hybridized carbons (Fsp3) is 0.368. The van der Waals surface area contributed by atoms with E-state index in [2.05, 4.69) is 10.3 Å². The largest absolute Gasteiger partial charge is 0.417 e. The highest BCUT2D eigenvalue weighted by molar-refractivity contribution is 7.92. The lowest BCUT2D eigenvalue weighted by Crippen LogP contribution is -2.42. The van der Waals surface area contributed by atoms with E-state index in [1.54, 1.807) is 0 Å². The molecule has 1 N–H and O–H groups in total. The summed E-state index contributed by atoms with van der Waals surface area (Å²) in [6.45, 7) is 0.0656. The molecule has 1 aliphatic carbocycles. The van der Waals surface area contributed by atoms with Gasteiger partial charge in [-0.05, 0) is 49.1 Å². The van der Waals surface area contributed by atoms with Gasteiger partial charge in [0.2, 0.25) is 0 Å². The number of amides is 1. The van der Waals surface area contributed by atoms with E-state index >= 15 is 0 Å². The molecule has 0 spiro atoms. The number of carbonyl (C=O) groups excluding carboxylic acids is 1. The maximum absolute atomic E-state index is 12.8. The maximum atomic E-state index is 12.8. The molecular weight excluding hydrogens is 450 g/mol. The van der Waals surface area contributed by atoms with Gasteiger partial charge in [0.05, 0.1) is 21.3 Å². The normalized spacial score (nSPS) is 19.5. The lowest BCUT2D eigenvalue weighted by atomic mass is 9.85. The van der Waals surface area contributed by atoms with Crippen molar-refractivity contribution in [2.45, 2.75) is 35.3 Å². The van der Waals surface area contributed by atoms with Crippen molar-refractivity contribution in [3.8, 4) is 0 Å². The number of pyridine rings is 1. The number of sulfone groups is 1. The van der Waals surface area contributed by atoms with E-state index in [4.69, 9.17) is 0 Å². The van der Waals surface area contributed by atoms with E-state index in [0.29, 0.717) is 12.3 Å². The topological polar surface area (TPSA) is 76.1 Å². The van der Waals surface area contributed by atoms with Gasteiger partial charge < -0.3 is 5.32 Å². The Hall–Kier alpha value is -2.63. The monoisotopic (exact) mass is 466 g/mol. The van der Waals surface area contributed by atoms with Gasteiger partial charge in [0.25, 0.3) is 5.91 Å². The van der Waals surface area contributed by atoms with Crippen LogP contribution in [0.4, 0.5) is 26.3 Å². The summed E-state index contributed by atoms with van der Waals surface area (Å²) in [7, 11) is -3.96. The lowest BCUT2D eigenvalue weighted by molar-refractivity contribution is -0.138. The Morgan fingerprint density at radius 2 is 1.65 bits per heavy atom. The Kier molecular flexibility index (Phi) is 6.05. The van der Waals surface area contributed by atoms with Crippen molar-refractivity contribution >= 4 is 15.7 Å². The number of nitrogens with one attached hydrogen (secondary N) is 1. The van der Waals surface area contributed by atoms with Crippen molar-refractivity contribution in [3.05, 3.63) is 59.4 Å². The number of rotatable bonds is 5. The van der Waals surface area contributed by atoms with Crippen molar-refractivity contribution in [2.75, 3.05) is 6.54 Å². The number of hydrogen-bond donors (Lipinski definition) is 1. The van der Waals surface area contributed by atoms with Crippen molar-refractivity contribution < 1.29 is 39.6 Å². The third-order valence-corrected chi connectivity index (χ3v) is 7.17. The standard InChI is InChI=1S/C19H16F6N2O3S/c20-18(21,22)12-2-1-3-14(8-12)31(29,30)15-6-11(7-15)9-27-17(28)16-5-4-13(10-26-16)19(23,24)25/h1-5,8,10-11,15H,6-7,9H2,(H,27,28). The van der Waals surface area contributed by atoms with E-state index in [1.807, 2.05) is 0 Å². The molecule has 5 nitrogen and oxygen atoms in total. The van der Waals surface area contributed by atoms with E-state index in [-0.39, 0.29) is 31.0 Å². The average molecular weight is 466 g/mol. The van der Waals surface area contributed by atoms with Crippen LogP contribution < -0.4 is 5.32 Å². The Balaban J connectivity index is 1.55. The summed E-state index contributed by atoms with van der Waals surface area (Å²) < 4.78 is 101. The highest BCUT2D eigenvalue weighted by Gasteiger charge is 2.40. The van der Waals surface area contributed by atoms with Crippen LogP contribution in [0.3, 0.4) is 0 Å². The molecule has 0 saturated heterocycles. The van der Waals surface area contributed by atoms with Crippen LogP contribution in [0.2, 0.25) is 0 Å². The van der Waals surface area contributed by atoms with Crippen LogP contribution in [0, 0.1) is 5.92 Å². The molecule has 0 bridgehead atoms. The first-order valence-electron chi connectivity index (χ1n) is 9.01. The van der Waals surface area contributed by atoms with E-state index in [0.717, 1.165) is 30.3 Å². The minimum Gasteiger partial charge on any atom is -0.350 e. The summed E-state index contributed by atoms with van der Waals surface area (Å²) in [4.78, 5) is 15.1. The van der Waals surface area contributed by atoms with Gasteiger partial charge in [-0.15, -0.1) is 0 Å². The second-order valence-corrected chi connectivity index (χ2v) is 9.40. The molecule has 0 atom stereocenters. The molecule has 1 aromatic carbocycles. The predicted molar refractivity (Wildman–Crippen MR) is 96.7 cm³/mol. The highest BCUT2D eigenvalue weighted by Crippen LogP contribution is 2.38. The second-order valence-electron chi connectivity index (χ2n) is 7.17. The van der Waals surface area contributed by atoms with Crippen molar-refractivity contribution in [1.29, 1.82) is 0 Å². The van der Waals surface area contributed by atoms with Gasteiger partial charge in [-0.25, -0.2) is 8.42 Å². The van der Waals surface area contributed by atoms with E-state index < -0.39 is 49.4 Å². The molecule has 168 valence electrons. The SMILES string of the molecule is O=C(NCC1CC(S(=O)(=O)c2cccc(C(F)(F)F)c2)C1)c1ccc(C(F)(F)F)cn1. The molecule has 1 heterocycles. The van der Waals surface area contributed by atoms with Gasteiger partial charge in [0, 0.05) is 12.7 Å². The third-order valence-electron chi connectivity index (χ3n) is 5.00. The fourth-order valence-electron chi connectivity index (χ4n) is 3.16. The molecule has 31 heavy (non-hydrogen) atoms. The number of nitrogens with zero attached hydrogens (tertiary/aromatic N) is 1. The fourth-order valence-corrected chi connectivity index (χ4v) is 5.16. The summed E-state index contributed by atoms with van der Waals surface area (Å²) in [6, 6.07) is 5.18. The Bertz CT molecular complexity index is 1060. The summed E-state index contributed by atoms with van der Waals surface area (Å²) in [5, 5.41) is 1.60. The van der Waals surface area contributed by atoms with Crippen LogP contribution >= 0.6 is 0 Å². The number of hydrogen-bond acceptors (Lipinski definition) is 4. The first kappa shape index (κ1) is 23.0. The molecule has 1 aliphatic rings. The number of benzene rings is 1. The first-order valence-corrected chi connectivity index (χ1v) is 10.6. The summed E-state index contributed by atoms with van der Waals surface area (Å²) >= 11 is 0. The van der Waals surface area contributed by atoms with Crippen LogP contribution in [0.5, 0.6) is 0 Å². The smallest absolute Gasteiger partial charge is 0.350 e. The molecule has 1 amide bonds. The molecule has 1 fully saturated rings. The minimum absolute atomic E-state index is 0.0656. The lowest BCUT2D eigenvalue weighted by Gasteiger charge is -2.35. The van der Waals surface area contributed by atoms with Crippen LogP contribution in [-0.2, 0) is 22.2 Å². The van der Waals surface area contributed by atoms with Gasteiger partial charge in [0.15, 0.2) is 9.84 Å². The van der Waals surface area contributed by atoms with Gasteiger partial charge in [0.1, 0.15) is 5.69 Å². The molecule has 2 aromatic rings. The van der Waals surface area contributed by atoms with Crippen LogP contribution in [0.15, 0.2) is 47.5 Å². The van der Waals surface area contributed by atoms with Gasteiger partial charge >= 0.3 is 12.4 Å². The molecule has 1 saturated carbocycles. The molecule has 3 rings (SSSR count). The number of carbonyl (C=O) groups is 1. The quantitative estimate of drug-likeness (QED) is 0.674. The second kappa shape index (κ2) is 8.13. The zero-order valence-corrected chi connectivity index (χ0v) is 16.5. The highest BCUT2D eigenvalue weighted by atomic mass is 32.2.